The smallest absolute Gasteiger partial charge is 0.417 e. The predicted octanol–water partition coefficient (Wildman–Crippen LogP) is 11.6. The van der Waals surface area contributed by atoms with Crippen molar-refractivity contribution in [2.24, 2.45) is 0 Å². The second-order valence-electron chi connectivity index (χ2n) is 22.8. The lowest BCUT2D eigenvalue weighted by molar-refractivity contribution is -0.137. The Morgan fingerprint density at radius 1 is 0.465 bits per heavy atom. The summed E-state index contributed by atoms with van der Waals surface area (Å²) < 4.78 is 79.5. The molecule has 12 aromatic heterocycles. The first-order valence-corrected chi connectivity index (χ1v) is 31.0. The minimum atomic E-state index is -4.54. The summed E-state index contributed by atoms with van der Waals surface area (Å²) in [6.45, 7) is 7.27. The van der Waals surface area contributed by atoms with Gasteiger partial charge < -0.3 is 34.9 Å². The highest BCUT2D eigenvalue weighted by Gasteiger charge is 2.32. The lowest BCUT2D eigenvalue weighted by Gasteiger charge is -2.25. The molecular weight excluding hydrogens is 1280 g/mol. The van der Waals surface area contributed by atoms with Crippen molar-refractivity contribution in [3.05, 3.63) is 230 Å². The maximum atomic E-state index is 13.5. The average Bonchev–Trinajstić information content (AvgIpc) is 1.73. The zero-order chi connectivity index (χ0) is 68.4. The van der Waals surface area contributed by atoms with Gasteiger partial charge in [0, 0.05) is 78.7 Å². The van der Waals surface area contributed by atoms with Gasteiger partial charge in [-0.1, -0.05) is 36.4 Å². The molecule has 0 radical (unpaired) electrons. The van der Waals surface area contributed by atoms with Crippen LogP contribution in [0.25, 0.3) is 67.9 Å². The Balaban J connectivity index is 0.000000134. The summed E-state index contributed by atoms with van der Waals surface area (Å²) in [5, 5.41) is 22.5. The fourth-order valence-electron chi connectivity index (χ4n) is 10.1. The number of nitrogens with zero attached hydrogens (tertiary/aromatic N) is 15. The number of carbonyl (C=O) groups is 3. The van der Waals surface area contributed by atoms with Crippen molar-refractivity contribution in [2.45, 2.75) is 44.3 Å². The summed E-state index contributed by atoms with van der Waals surface area (Å²) in [6.07, 6.45) is 13.8. The van der Waals surface area contributed by atoms with Crippen molar-refractivity contribution >= 4 is 34.8 Å². The second kappa shape index (κ2) is 29.4. The van der Waals surface area contributed by atoms with E-state index in [-0.39, 0.29) is 58.5 Å². The monoisotopic (exact) mass is 1340 g/mol. The van der Waals surface area contributed by atoms with E-state index in [0.29, 0.717) is 114 Å². The molecule has 12 aromatic rings. The van der Waals surface area contributed by atoms with Gasteiger partial charge in [0.1, 0.15) is 45.7 Å². The third-order valence-electron chi connectivity index (χ3n) is 15.3. The lowest BCUT2D eigenvalue weighted by Crippen LogP contribution is -2.30. The predicted molar refractivity (Wildman–Crippen MR) is 353 cm³/mol. The van der Waals surface area contributed by atoms with Crippen molar-refractivity contribution in [1.82, 2.24) is 74.2 Å². The van der Waals surface area contributed by atoms with Gasteiger partial charge >= 0.3 is 6.18 Å². The molecule has 498 valence electrons. The Labute approximate surface area is 561 Å². The van der Waals surface area contributed by atoms with Crippen molar-refractivity contribution in [1.29, 1.82) is 0 Å². The number of carbonyl (C=O) groups excluding carboxylic acids is 3. The first-order chi connectivity index (χ1) is 48.1. The standard InChI is InChI=1S/C25H24N6O3.C23H17F3N6O2.C22H17FN6O2/c1-16(2)34-19-10-17(11-26-12-19)20-7-5-8-22(28-20)25(32)29-23-13-31(18-14-33-15-18)30-24(23)21-6-3-4-9-27-21;24-23(25,26)15-8-14(9-27-10-15)17-5-3-6-19(29-17)22(33)30-20-11-32(16-12-34-13-16)31-21(20)18-4-1-2-7-28-18;23-15-8-14(9-24-10-15)17-5-3-6-19(26-17)22(30)27-20-11-29(16-12-31-13-16)28-21(20)18-4-1-2-7-25-18/h3-13,16,18H,14-15H2,1-2H3,(H,29,32);1-11,16H,12-13H2,(H,30,33);1-11,16H,12-13H2,(H,27,30). The summed E-state index contributed by atoms with van der Waals surface area (Å²) in [5.41, 5.74) is 7.33. The summed E-state index contributed by atoms with van der Waals surface area (Å²) in [7, 11) is 0. The van der Waals surface area contributed by atoms with Crippen LogP contribution in [-0.4, -0.2) is 138 Å². The molecule has 99 heavy (non-hydrogen) atoms. The number of amides is 3. The van der Waals surface area contributed by atoms with E-state index in [0.717, 1.165) is 24.0 Å². The van der Waals surface area contributed by atoms with Gasteiger partial charge in [0.2, 0.25) is 0 Å². The molecule has 0 aliphatic carbocycles. The summed E-state index contributed by atoms with van der Waals surface area (Å²) in [5.74, 6) is -1.11. The number of pyridine rings is 9. The Kier molecular flexibility index (Phi) is 19.5. The highest BCUT2D eigenvalue weighted by Crippen LogP contribution is 2.35. The molecule has 3 saturated heterocycles. The van der Waals surface area contributed by atoms with Crippen LogP contribution in [0.2, 0.25) is 0 Å². The maximum absolute atomic E-state index is 13.5. The highest BCUT2D eigenvalue weighted by molar-refractivity contribution is 6.06. The van der Waals surface area contributed by atoms with E-state index < -0.39 is 29.4 Å². The van der Waals surface area contributed by atoms with E-state index in [9.17, 15) is 31.9 Å². The SMILES string of the molecule is CC(C)Oc1cncc(-c2cccc(C(=O)Nc3cn(C4COC4)nc3-c3ccccn3)n2)c1.O=C(Nc1cn(C2COC2)nc1-c1ccccn1)c1cccc(-c2cncc(C(F)(F)F)c2)n1.O=C(Nc1cn(C2COC2)nc1-c1ccccn1)c1cccc(-c2cncc(F)c2)n1. The second-order valence-corrected chi connectivity index (χ2v) is 22.8. The number of ether oxygens (including phenoxy) is 4. The largest absolute Gasteiger partial charge is 0.489 e. The number of anilines is 3. The number of halogens is 4. The highest BCUT2D eigenvalue weighted by atomic mass is 19.4. The molecule has 15 rings (SSSR count). The zero-order valence-corrected chi connectivity index (χ0v) is 52.7. The van der Waals surface area contributed by atoms with Crippen LogP contribution in [0, 0.1) is 5.82 Å². The Morgan fingerprint density at radius 3 is 1.17 bits per heavy atom. The normalized spacial score (nSPS) is 13.7. The van der Waals surface area contributed by atoms with E-state index in [1.807, 2.05) is 79.3 Å². The fraction of sp³-hybridized carbons (Fsp3) is 0.186. The summed E-state index contributed by atoms with van der Waals surface area (Å²) in [4.78, 5) is 77.1. The van der Waals surface area contributed by atoms with Gasteiger partial charge in [-0.15, -0.1) is 0 Å². The number of hydrogen-bond donors (Lipinski definition) is 3. The van der Waals surface area contributed by atoms with Crippen LogP contribution in [0.1, 0.15) is 69.0 Å². The van der Waals surface area contributed by atoms with Gasteiger partial charge in [-0.25, -0.2) is 19.3 Å². The van der Waals surface area contributed by atoms with E-state index in [2.05, 4.69) is 76.1 Å². The number of alkyl halides is 3. The molecule has 0 atom stereocenters. The van der Waals surface area contributed by atoms with Gasteiger partial charge in [0.15, 0.2) is 0 Å². The molecule has 0 saturated carbocycles. The van der Waals surface area contributed by atoms with Gasteiger partial charge in [0.05, 0.1) is 133 Å². The quantitative estimate of drug-likeness (QED) is 0.0714. The molecule has 0 aromatic carbocycles. The van der Waals surface area contributed by atoms with Crippen LogP contribution in [0.5, 0.6) is 5.75 Å². The molecule has 3 N–H and O–H groups in total. The lowest BCUT2D eigenvalue weighted by atomic mass is 10.1. The molecule has 3 amide bonds. The van der Waals surface area contributed by atoms with E-state index >= 15 is 0 Å². The maximum Gasteiger partial charge on any atom is 0.417 e. The third kappa shape index (κ3) is 15.7. The van der Waals surface area contributed by atoms with Crippen molar-refractivity contribution in [3.63, 3.8) is 0 Å². The number of nitrogens with one attached hydrogen (secondary N) is 3. The Bertz CT molecular complexity index is 4840. The minimum absolute atomic E-state index is 0.0293. The molecule has 3 aliphatic heterocycles. The van der Waals surface area contributed by atoms with E-state index in [4.69, 9.17) is 18.9 Å². The van der Waals surface area contributed by atoms with Crippen LogP contribution in [0.3, 0.4) is 0 Å². The molecule has 29 heteroatoms. The van der Waals surface area contributed by atoms with Crippen LogP contribution in [-0.2, 0) is 20.4 Å². The molecule has 0 spiro atoms. The van der Waals surface area contributed by atoms with Crippen LogP contribution in [0.15, 0.2) is 202 Å². The van der Waals surface area contributed by atoms with Crippen LogP contribution in [0.4, 0.5) is 34.6 Å². The molecular formula is C70H58F4N18O7. The summed E-state index contributed by atoms with van der Waals surface area (Å²) in [6, 6.07) is 35.7. The van der Waals surface area contributed by atoms with Crippen LogP contribution >= 0.6 is 0 Å². The number of rotatable bonds is 17. The van der Waals surface area contributed by atoms with E-state index in [1.165, 1.54) is 30.6 Å². The van der Waals surface area contributed by atoms with Gasteiger partial charge in [-0.2, -0.15) is 28.5 Å². The zero-order valence-electron chi connectivity index (χ0n) is 52.7. The third-order valence-corrected chi connectivity index (χ3v) is 15.3. The van der Waals surface area contributed by atoms with Crippen LogP contribution < -0.4 is 20.7 Å². The van der Waals surface area contributed by atoms with E-state index in [1.54, 1.807) is 101 Å². The molecule has 0 bridgehead atoms. The van der Waals surface area contributed by atoms with Gasteiger partial charge in [0.25, 0.3) is 17.7 Å². The number of hydrogen-bond acceptors (Lipinski definition) is 19. The first-order valence-electron chi connectivity index (χ1n) is 31.0. The summed E-state index contributed by atoms with van der Waals surface area (Å²) >= 11 is 0. The van der Waals surface area contributed by atoms with Crippen molar-refractivity contribution in [3.8, 4) is 73.7 Å². The molecule has 15 heterocycles. The molecule has 3 aliphatic rings. The Morgan fingerprint density at radius 2 is 0.828 bits per heavy atom. The minimum Gasteiger partial charge on any atom is -0.489 e. The fourth-order valence-corrected chi connectivity index (χ4v) is 10.1. The molecule has 25 nitrogen and oxygen atoms in total. The first kappa shape index (κ1) is 65.5. The van der Waals surface area contributed by atoms with Crippen molar-refractivity contribution in [2.75, 3.05) is 55.6 Å². The molecule has 0 unspecified atom stereocenters. The average molecular weight is 1340 g/mol. The Hall–Kier alpha value is -12.2. The topological polar surface area (TPSA) is 294 Å². The van der Waals surface area contributed by atoms with Crippen molar-refractivity contribution < 1.29 is 50.9 Å². The number of aromatic nitrogens is 15. The van der Waals surface area contributed by atoms with Gasteiger partial charge in [-0.05, 0) is 105 Å². The molecule has 3 fully saturated rings. The van der Waals surface area contributed by atoms with Gasteiger partial charge in [-0.3, -0.25) is 58.3 Å².